The van der Waals surface area contributed by atoms with Crippen molar-refractivity contribution >= 4 is 41.2 Å². The number of ether oxygens (including phenoxy) is 1. The van der Waals surface area contributed by atoms with Gasteiger partial charge in [0.15, 0.2) is 6.10 Å². The summed E-state index contributed by atoms with van der Waals surface area (Å²) < 4.78 is 37.4. The topological polar surface area (TPSA) is 143 Å². The van der Waals surface area contributed by atoms with E-state index < -0.39 is 59.3 Å². The van der Waals surface area contributed by atoms with Crippen molar-refractivity contribution in [2.24, 2.45) is 5.92 Å². The number of alkyl halides is 2. The molecule has 13 heteroatoms. The number of halogens is 3. The minimum atomic E-state index is -3.74. The molecule has 4 N–H and O–H groups in total. The van der Waals surface area contributed by atoms with Crippen LogP contribution in [0.15, 0.2) is 84.9 Å². The van der Waals surface area contributed by atoms with Crippen LogP contribution in [0.1, 0.15) is 48.5 Å². The number of carbonyl (C=O) groups excluding carboxylic acids is 5. The maximum Gasteiger partial charge on any atom is 0.408 e. The number of alkyl carbamates (subject to hydrolysis) is 1. The second-order valence-electron chi connectivity index (χ2n) is 11.9. The summed E-state index contributed by atoms with van der Waals surface area (Å²) in [6.07, 6.45) is -1.83. The molecule has 2 fully saturated rings. The van der Waals surface area contributed by atoms with Crippen LogP contribution < -0.4 is 21.3 Å². The van der Waals surface area contributed by atoms with Crippen LogP contribution >= 0.6 is 11.6 Å². The standard InChI is InChI=1S/C35H35ClF2N4O6/c36-25-13-7-12-24(20-25)35(37,38)30(22-10-5-2-6-11-22)48-34(47)42-28(18-21-8-3-1-4-9-21)32(45)41-27(19-23-16-17-39-31(23)44)29(43)33(46)40-26-14-15-26/h1-13,20,23,26-28,30H,14-19H2,(H,39,44)(H,40,46)(H,41,45)(H,42,47)/t23-,27-,28-,30?/m0/s1. The molecule has 3 aromatic rings. The highest BCUT2D eigenvalue weighted by Crippen LogP contribution is 2.43. The molecule has 252 valence electrons. The number of carbonyl (C=O) groups is 5. The van der Waals surface area contributed by atoms with E-state index in [4.69, 9.17) is 16.3 Å². The molecule has 1 saturated carbocycles. The zero-order valence-corrected chi connectivity index (χ0v) is 26.6. The fourth-order valence-electron chi connectivity index (χ4n) is 5.47. The van der Waals surface area contributed by atoms with E-state index in [-0.39, 0.29) is 35.4 Å². The molecule has 4 amide bonds. The van der Waals surface area contributed by atoms with Crippen molar-refractivity contribution in [1.29, 1.82) is 0 Å². The molecular formula is C35H35ClF2N4O6. The van der Waals surface area contributed by atoms with Crippen LogP contribution in [0.4, 0.5) is 13.6 Å². The van der Waals surface area contributed by atoms with Gasteiger partial charge < -0.3 is 26.0 Å². The van der Waals surface area contributed by atoms with Crippen molar-refractivity contribution < 1.29 is 37.5 Å². The molecule has 48 heavy (non-hydrogen) atoms. The lowest BCUT2D eigenvalue weighted by Crippen LogP contribution is -2.55. The maximum atomic E-state index is 16.0. The first-order chi connectivity index (χ1) is 23.0. The van der Waals surface area contributed by atoms with Gasteiger partial charge >= 0.3 is 12.0 Å². The van der Waals surface area contributed by atoms with Crippen molar-refractivity contribution in [2.45, 2.75) is 62.3 Å². The molecule has 2 aliphatic rings. The lowest BCUT2D eigenvalue weighted by Gasteiger charge is -2.29. The molecule has 0 aromatic heterocycles. The van der Waals surface area contributed by atoms with E-state index in [1.54, 1.807) is 36.4 Å². The van der Waals surface area contributed by atoms with Crippen LogP contribution in [-0.4, -0.2) is 54.3 Å². The first kappa shape index (κ1) is 34.5. The van der Waals surface area contributed by atoms with Crippen molar-refractivity contribution in [3.05, 3.63) is 107 Å². The van der Waals surface area contributed by atoms with Gasteiger partial charge in [-0.25, -0.2) is 4.79 Å². The van der Waals surface area contributed by atoms with Crippen LogP contribution in [-0.2, 0) is 36.3 Å². The highest BCUT2D eigenvalue weighted by molar-refractivity contribution is 6.38. The molecule has 1 heterocycles. The van der Waals surface area contributed by atoms with E-state index in [0.717, 1.165) is 25.0 Å². The second kappa shape index (κ2) is 15.4. The third kappa shape index (κ3) is 8.94. The molecule has 0 spiro atoms. The summed E-state index contributed by atoms with van der Waals surface area (Å²) in [6.45, 7) is 0.388. The molecule has 1 unspecified atom stereocenters. The van der Waals surface area contributed by atoms with Gasteiger partial charge in [0.25, 0.3) is 5.91 Å². The molecule has 1 saturated heterocycles. The van der Waals surface area contributed by atoms with E-state index >= 15 is 8.78 Å². The first-order valence-electron chi connectivity index (χ1n) is 15.6. The number of hydrogen-bond donors (Lipinski definition) is 4. The number of benzene rings is 3. The van der Waals surface area contributed by atoms with Crippen LogP contribution in [0.2, 0.25) is 5.02 Å². The molecule has 0 bridgehead atoms. The average Bonchev–Trinajstić information content (AvgIpc) is 3.81. The number of hydrogen-bond acceptors (Lipinski definition) is 6. The van der Waals surface area contributed by atoms with E-state index in [1.165, 1.54) is 36.4 Å². The van der Waals surface area contributed by atoms with Gasteiger partial charge in [0.1, 0.15) is 6.04 Å². The summed E-state index contributed by atoms with van der Waals surface area (Å²) in [6, 6.07) is 18.1. The Bertz CT molecular complexity index is 1640. The van der Waals surface area contributed by atoms with E-state index in [9.17, 15) is 24.0 Å². The fraction of sp³-hybridized carbons (Fsp3) is 0.343. The Morgan fingerprint density at radius 3 is 2.21 bits per heavy atom. The third-order valence-electron chi connectivity index (χ3n) is 8.21. The van der Waals surface area contributed by atoms with Crippen molar-refractivity contribution in [1.82, 2.24) is 21.3 Å². The summed E-state index contributed by atoms with van der Waals surface area (Å²) in [5, 5.41) is 10.3. The van der Waals surface area contributed by atoms with Gasteiger partial charge in [-0.3, -0.25) is 19.2 Å². The summed E-state index contributed by atoms with van der Waals surface area (Å²) in [5.74, 6) is -7.36. The van der Waals surface area contributed by atoms with E-state index in [2.05, 4.69) is 21.3 Å². The number of amides is 4. The smallest absolute Gasteiger partial charge is 0.408 e. The Balaban J connectivity index is 1.38. The van der Waals surface area contributed by atoms with Gasteiger partial charge in [-0.1, -0.05) is 84.4 Å². The zero-order valence-electron chi connectivity index (χ0n) is 25.8. The SMILES string of the molecule is O=C(N[C@@H](Cc1ccccc1)C(=O)N[C@@H](C[C@@H]1CCNC1=O)C(=O)C(=O)NC1CC1)OC(c1ccccc1)C(F)(F)c1cccc(Cl)c1. The number of rotatable bonds is 14. The molecule has 0 radical (unpaired) electrons. The fourth-order valence-corrected chi connectivity index (χ4v) is 5.66. The average molecular weight is 681 g/mol. The number of nitrogens with one attached hydrogen (secondary N) is 4. The van der Waals surface area contributed by atoms with Gasteiger partial charge in [0, 0.05) is 35.5 Å². The first-order valence-corrected chi connectivity index (χ1v) is 16.0. The quantitative estimate of drug-likeness (QED) is 0.186. The van der Waals surface area contributed by atoms with Crippen LogP contribution in [0.25, 0.3) is 0 Å². The molecule has 5 rings (SSSR count). The summed E-state index contributed by atoms with van der Waals surface area (Å²) in [4.78, 5) is 65.5. The van der Waals surface area contributed by atoms with E-state index in [0.29, 0.717) is 18.5 Å². The molecule has 1 aliphatic heterocycles. The van der Waals surface area contributed by atoms with Crippen LogP contribution in [0.3, 0.4) is 0 Å². The maximum absolute atomic E-state index is 16.0. The van der Waals surface area contributed by atoms with E-state index in [1.807, 2.05) is 0 Å². The van der Waals surface area contributed by atoms with Crippen LogP contribution in [0, 0.1) is 5.92 Å². The van der Waals surface area contributed by atoms with Gasteiger partial charge in [0.05, 0.1) is 6.04 Å². The van der Waals surface area contributed by atoms with Crippen molar-refractivity contribution in [3.63, 3.8) is 0 Å². The highest BCUT2D eigenvalue weighted by Gasteiger charge is 2.46. The lowest BCUT2D eigenvalue weighted by atomic mass is 9.94. The predicted molar refractivity (Wildman–Crippen MR) is 172 cm³/mol. The normalized spacial score (nSPS) is 17.7. The Kier molecular flexibility index (Phi) is 11.0. The molecule has 1 aliphatic carbocycles. The minimum Gasteiger partial charge on any atom is -0.434 e. The minimum absolute atomic E-state index is 0.0103. The Hall–Kier alpha value is -4.84. The number of Topliss-reactive ketones (excluding diaryl/α,β-unsaturated/α-hetero) is 1. The predicted octanol–water partition coefficient (Wildman–Crippen LogP) is 4.37. The molecule has 4 atom stereocenters. The lowest BCUT2D eigenvalue weighted by molar-refractivity contribution is -0.141. The Labute approximate surface area is 280 Å². The largest absolute Gasteiger partial charge is 0.434 e. The monoisotopic (exact) mass is 680 g/mol. The molecule has 10 nitrogen and oxygen atoms in total. The van der Waals surface area contributed by atoms with Gasteiger partial charge in [0.2, 0.25) is 17.6 Å². The third-order valence-corrected chi connectivity index (χ3v) is 8.44. The van der Waals surface area contributed by atoms with Gasteiger partial charge in [-0.05, 0) is 48.9 Å². The molecule has 3 aromatic carbocycles. The van der Waals surface area contributed by atoms with Crippen LogP contribution in [0.5, 0.6) is 0 Å². The summed E-state index contributed by atoms with van der Waals surface area (Å²) in [7, 11) is 0. The summed E-state index contributed by atoms with van der Waals surface area (Å²) >= 11 is 5.99. The zero-order chi connectivity index (χ0) is 34.3. The Morgan fingerprint density at radius 1 is 0.896 bits per heavy atom. The second-order valence-corrected chi connectivity index (χ2v) is 12.3. The van der Waals surface area contributed by atoms with Crippen molar-refractivity contribution in [3.8, 4) is 0 Å². The summed E-state index contributed by atoms with van der Waals surface area (Å²) in [5.41, 5.74) is 0.104. The highest BCUT2D eigenvalue weighted by atomic mass is 35.5. The van der Waals surface area contributed by atoms with Gasteiger partial charge in [-0.2, -0.15) is 8.78 Å². The van der Waals surface area contributed by atoms with Crippen molar-refractivity contribution in [2.75, 3.05) is 6.54 Å². The van der Waals surface area contributed by atoms with Gasteiger partial charge in [-0.15, -0.1) is 0 Å². The Morgan fingerprint density at radius 2 is 1.58 bits per heavy atom. The molecular weight excluding hydrogens is 646 g/mol. The number of ketones is 1.